The second kappa shape index (κ2) is 8.88. The molecule has 3 aromatic rings. The summed E-state index contributed by atoms with van der Waals surface area (Å²) in [6, 6.07) is 12.9. The Morgan fingerprint density at radius 3 is 2.45 bits per heavy atom. The number of carbonyl (C=O) groups is 1. The topological polar surface area (TPSA) is 70.2 Å². The Morgan fingerprint density at radius 1 is 1.03 bits per heavy atom. The molecule has 0 bridgehead atoms. The predicted octanol–water partition coefficient (Wildman–Crippen LogP) is 4.30. The van der Waals surface area contributed by atoms with Crippen molar-refractivity contribution < 1.29 is 9.18 Å². The third-order valence-corrected chi connectivity index (χ3v) is 5.84. The second-order valence-electron chi connectivity index (χ2n) is 8.41. The quantitative estimate of drug-likeness (QED) is 0.643. The summed E-state index contributed by atoms with van der Waals surface area (Å²) in [7, 11) is 3.96. The van der Waals surface area contributed by atoms with Crippen LogP contribution in [0.1, 0.15) is 41.6 Å². The fraction of sp³-hybridized carbons (Fsp3) is 0.375. The average molecular weight is 422 g/mol. The summed E-state index contributed by atoms with van der Waals surface area (Å²) in [5.41, 5.74) is 1.82. The van der Waals surface area contributed by atoms with Crippen molar-refractivity contribution >= 4 is 28.6 Å². The lowest BCUT2D eigenvalue weighted by Gasteiger charge is -2.30. The van der Waals surface area contributed by atoms with Crippen LogP contribution in [0.15, 0.2) is 42.5 Å². The highest BCUT2D eigenvalue weighted by Crippen LogP contribution is 2.26. The van der Waals surface area contributed by atoms with Crippen LogP contribution < -0.4 is 15.5 Å². The largest absolute Gasteiger partial charge is 0.362 e. The Kier molecular flexibility index (Phi) is 6.02. The number of benzene rings is 2. The minimum Gasteiger partial charge on any atom is -0.362 e. The van der Waals surface area contributed by atoms with Gasteiger partial charge in [0.15, 0.2) is 0 Å². The van der Waals surface area contributed by atoms with E-state index in [0.29, 0.717) is 17.1 Å². The molecule has 2 N–H and O–H groups in total. The fourth-order valence-electron chi connectivity index (χ4n) is 4.03. The summed E-state index contributed by atoms with van der Waals surface area (Å²) in [5.74, 6) is 0.946. The smallest absolute Gasteiger partial charge is 0.251 e. The number of halogens is 1. The van der Waals surface area contributed by atoms with Crippen LogP contribution >= 0.6 is 0 Å². The van der Waals surface area contributed by atoms with E-state index in [2.05, 4.69) is 15.6 Å². The zero-order valence-corrected chi connectivity index (χ0v) is 18.2. The molecule has 4 rings (SSSR count). The first-order valence-electron chi connectivity index (χ1n) is 10.7. The van der Waals surface area contributed by atoms with E-state index < -0.39 is 0 Å². The fourth-order valence-corrected chi connectivity index (χ4v) is 4.03. The molecule has 162 valence electrons. The molecule has 6 nitrogen and oxygen atoms in total. The molecule has 1 aromatic heterocycles. The first-order chi connectivity index (χ1) is 14.9. The highest BCUT2D eigenvalue weighted by Gasteiger charge is 2.24. The molecular formula is C24H28FN5O. The van der Waals surface area contributed by atoms with E-state index in [1.807, 2.05) is 43.3 Å². The minimum atomic E-state index is -0.354. The second-order valence-corrected chi connectivity index (χ2v) is 8.41. The van der Waals surface area contributed by atoms with Gasteiger partial charge in [-0.1, -0.05) is 18.2 Å². The van der Waals surface area contributed by atoms with Crippen LogP contribution in [0, 0.1) is 12.7 Å². The molecule has 1 saturated carbocycles. The summed E-state index contributed by atoms with van der Waals surface area (Å²) in [6.45, 7) is 1.69. The van der Waals surface area contributed by atoms with Gasteiger partial charge >= 0.3 is 0 Å². The minimum absolute atomic E-state index is 0.0878. The van der Waals surface area contributed by atoms with Gasteiger partial charge in [0.1, 0.15) is 11.6 Å². The van der Waals surface area contributed by atoms with Crippen molar-refractivity contribution in [2.75, 3.05) is 24.3 Å². The van der Waals surface area contributed by atoms with Gasteiger partial charge in [-0.25, -0.2) is 9.37 Å². The van der Waals surface area contributed by atoms with E-state index in [9.17, 15) is 9.18 Å². The molecular weight excluding hydrogens is 393 g/mol. The summed E-state index contributed by atoms with van der Waals surface area (Å²) in [5, 5.41) is 7.54. The number of nitrogens with one attached hydrogen (secondary N) is 2. The lowest BCUT2D eigenvalue weighted by molar-refractivity contribution is 0.0926. The van der Waals surface area contributed by atoms with Gasteiger partial charge in [0.05, 0.1) is 5.52 Å². The molecule has 0 atom stereocenters. The van der Waals surface area contributed by atoms with E-state index in [4.69, 9.17) is 4.98 Å². The van der Waals surface area contributed by atoms with Gasteiger partial charge in [-0.15, -0.1) is 0 Å². The summed E-state index contributed by atoms with van der Waals surface area (Å²) >= 11 is 0. The first kappa shape index (κ1) is 21.0. The number of aromatic nitrogens is 2. The number of rotatable bonds is 5. The molecule has 1 amide bonds. The van der Waals surface area contributed by atoms with E-state index in [1.54, 1.807) is 19.1 Å². The molecule has 0 aliphatic heterocycles. The molecule has 0 unspecified atom stereocenters. The molecule has 31 heavy (non-hydrogen) atoms. The molecule has 0 saturated heterocycles. The molecule has 1 aliphatic carbocycles. The van der Waals surface area contributed by atoms with Crippen molar-refractivity contribution in [1.29, 1.82) is 0 Å². The maximum Gasteiger partial charge on any atom is 0.251 e. The number of aryl methyl sites for hydroxylation is 1. The highest BCUT2D eigenvalue weighted by atomic mass is 19.1. The van der Waals surface area contributed by atoms with Crippen LogP contribution in [0.2, 0.25) is 0 Å². The number of hydrogen-bond acceptors (Lipinski definition) is 5. The first-order valence-corrected chi connectivity index (χ1v) is 10.7. The van der Waals surface area contributed by atoms with Gasteiger partial charge in [0, 0.05) is 37.1 Å². The maximum atomic E-state index is 13.7. The van der Waals surface area contributed by atoms with E-state index in [1.165, 1.54) is 6.07 Å². The third-order valence-electron chi connectivity index (χ3n) is 5.84. The zero-order valence-electron chi connectivity index (χ0n) is 18.2. The third kappa shape index (κ3) is 4.76. The van der Waals surface area contributed by atoms with Crippen LogP contribution in [-0.4, -0.2) is 42.1 Å². The predicted molar refractivity (Wildman–Crippen MR) is 122 cm³/mol. The Morgan fingerprint density at radius 2 is 1.74 bits per heavy atom. The summed E-state index contributed by atoms with van der Waals surface area (Å²) < 4.78 is 13.7. The van der Waals surface area contributed by atoms with Gasteiger partial charge in [-0.2, -0.15) is 4.98 Å². The number of carbonyl (C=O) groups excluding carboxylic acids is 1. The number of para-hydroxylation sites is 1. The van der Waals surface area contributed by atoms with Crippen molar-refractivity contribution in [2.45, 2.75) is 44.7 Å². The number of anilines is 2. The molecule has 0 radical (unpaired) electrons. The van der Waals surface area contributed by atoms with Crippen molar-refractivity contribution in [1.82, 2.24) is 15.3 Å². The Balaban J connectivity index is 1.37. The monoisotopic (exact) mass is 421 g/mol. The van der Waals surface area contributed by atoms with E-state index in [-0.39, 0.29) is 23.8 Å². The van der Waals surface area contributed by atoms with Crippen molar-refractivity contribution in [2.24, 2.45) is 0 Å². The normalized spacial score (nSPS) is 18.6. The van der Waals surface area contributed by atoms with Crippen molar-refractivity contribution in [3.63, 3.8) is 0 Å². The Bertz CT molecular complexity index is 1090. The van der Waals surface area contributed by atoms with Gasteiger partial charge in [-0.05, 0) is 62.4 Å². The summed E-state index contributed by atoms with van der Waals surface area (Å²) in [4.78, 5) is 23.8. The van der Waals surface area contributed by atoms with Crippen LogP contribution in [0.3, 0.4) is 0 Å². The standard InChI is InChI=1S/C24H28FN5O/c1-15-8-9-16(14-20(15)25)23(31)26-17-10-12-18(13-11-17)27-24-28-21-7-5-4-6-19(21)22(29-24)30(2)3/h4-9,14,17-18H,10-13H2,1-3H3,(H,26,31)(H,27,28,29)/t17-,18+. The molecule has 1 heterocycles. The molecule has 7 heteroatoms. The van der Waals surface area contributed by atoms with E-state index in [0.717, 1.165) is 42.4 Å². The summed E-state index contributed by atoms with van der Waals surface area (Å²) in [6.07, 6.45) is 3.51. The van der Waals surface area contributed by atoms with Gasteiger partial charge < -0.3 is 15.5 Å². The zero-order chi connectivity index (χ0) is 22.0. The molecule has 2 aromatic carbocycles. The Labute approximate surface area is 181 Å². The number of hydrogen-bond donors (Lipinski definition) is 2. The van der Waals surface area contributed by atoms with Crippen LogP contribution in [0.5, 0.6) is 0 Å². The lowest BCUT2D eigenvalue weighted by atomic mass is 9.91. The maximum absolute atomic E-state index is 13.7. The number of nitrogens with zero attached hydrogens (tertiary/aromatic N) is 3. The highest BCUT2D eigenvalue weighted by molar-refractivity contribution is 5.94. The molecule has 1 aliphatic rings. The number of fused-ring (bicyclic) bond motifs is 1. The van der Waals surface area contributed by atoms with Gasteiger partial charge in [0.2, 0.25) is 5.95 Å². The van der Waals surface area contributed by atoms with Crippen LogP contribution in [0.4, 0.5) is 16.2 Å². The van der Waals surface area contributed by atoms with E-state index >= 15 is 0 Å². The number of amides is 1. The van der Waals surface area contributed by atoms with Crippen LogP contribution in [0.25, 0.3) is 10.9 Å². The molecule has 0 spiro atoms. The average Bonchev–Trinajstić information content (AvgIpc) is 2.76. The van der Waals surface area contributed by atoms with Gasteiger partial charge in [-0.3, -0.25) is 4.79 Å². The molecule has 1 fully saturated rings. The van der Waals surface area contributed by atoms with Crippen LogP contribution in [-0.2, 0) is 0 Å². The van der Waals surface area contributed by atoms with Crippen molar-refractivity contribution in [3.8, 4) is 0 Å². The van der Waals surface area contributed by atoms with Gasteiger partial charge in [0.25, 0.3) is 5.91 Å². The SMILES string of the molecule is Cc1ccc(C(=O)N[C@H]2CC[C@@H](Nc3nc(N(C)C)c4ccccc4n3)CC2)cc1F. The lowest BCUT2D eigenvalue weighted by Crippen LogP contribution is -2.40. The van der Waals surface area contributed by atoms with Crippen molar-refractivity contribution in [3.05, 3.63) is 59.4 Å². The Hall–Kier alpha value is -3.22.